The van der Waals surface area contributed by atoms with Crippen molar-refractivity contribution in [2.24, 2.45) is 0 Å². The summed E-state index contributed by atoms with van der Waals surface area (Å²) in [5, 5.41) is 3.87. The highest BCUT2D eigenvalue weighted by molar-refractivity contribution is 6.01. The lowest BCUT2D eigenvalue weighted by atomic mass is 10.1. The highest BCUT2D eigenvalue weighted by Gasteiger charge is 2.25. The molecule has 0 aromatic heterocycles. The summed E-state index contributed by atoms with van der Waals surface area (Å²) in [4.78, 5) is 47.8. The van der Waals surface area contributed by atoms with Crippen molar-refractivity contribution in [1.82, 2.24) is 10.7 Å². The Labute approximate surface area is 167 Å². The number of hydrazine groups is 1. The van der Waals surface area contributed by atoms with Crippen molar-refractivity contribution in [3.05, 3.63) is 65.7 Å². The number of rotatable bonds is 6. The van der Waals surface area contributed by atoms with Crippen LogP contribution in [0.15, 0.2) is 54.6 Å². The van der Waals surface area contributed by atoms with Crippen LogP contribution < -0.4 is 15.8 Å². The zero-order chi connectivity index (χ0) is 20.8. The molecule has 3 rings (SSSR count). The molecule has 8 heteroatoms. The first-order valence-electron chi connectivity index (χ1n) is 9.19. The summed E-state index contributed by atoms with van der Waals surface area (Å²) in [6.45, 7) is 1.83. The van der Waals surface area contributed by atoms with Crippen molar-refractivity contribution in [3.8, 4) is 0 Å². The van der Waals surface area contributed by atoms with Gasteiger partial charge in [-0.3, -0.25) is 19.8 Å². The summed E-state index contributed by atoms with van der Waals surface area (Å²) in [6.07, 6.45) is -0.677. The SMILES string of the molecule is CC(OC(=O)c1ccc(N2NC(=O)CCC2=O)cc1)C(=O)NCc1ccccc1. The summed E-state index contributed by atoms with van der Waals surface area (Å²) in [5.41, 5.74) is 4.09. The number of carbonyl (C=O) groups is 4. The van der Waals surface area contributed by atoms with Crippen LogP contribution in [-0.4, -0.2) is 29.8 Å². The number of nitrogens with one attached hydrogen (secondary N) is 2. The van der Waals surface area contributed by atoms with Crippen molar-refractivity contribution in [2.45, 2.75) is 32.4 Å². The first-order valence-corrected chi connectivity index (χ1v) is 9.19. The molecule has 0 radical (unpaired) electrons. The summed E-state index contributed by atoms with van der Waals surface area (Å²) in [7, 11) is 0. The maximum Gasteiger partial charge on any atom is 0.338 e. The molecule has 1 aliphatic heterocycles. The van der Waals surface area contributed by atoms with Crippen molar-refractivity contribution >= 4 is 29.4 Å². The predicted octanol–water partition coefficient (Wildman–Crippen LogP) is 1.71. The van der Waals surface area contributed by atoms with Crippen molar-refractivity contribution in [3.63, 3.8) is 0 Å². The minimum Gasteiger partial charge on any atom is -0.449 e. The molecular weight excluding hydrogens is 374 g/mol. The Hall–Kier alpha value is -3.68. The van der Waals surface area contributed by atoms with Crippen LogP contribution in [-0.2, 0) is 25.7 Å². The lowest BCUT2D eigenvalue weighted by molar-refractivity contribution is -0.130. The molecule has 2 aromatic rings. The predicted molar refractivity (Wildman–Crippen MR) is 104 cm³/mol. The molecule has 150 valence electrons. The van der Waals surface area contributed by atoms with Crippen LogP contribution in [0.4, 0.5) is 5.69 Å². The van der Waals surface area contributed by atoms with E-state index in [0.717, 1.165) is 10.6 Å². The van der Waals surface area contributed by atoms with Crippen LogP contribution in [0.2, 0.25) is 0 Å². The maximum absolute atomic E-state index is 12.3. The molecule has 2 N–H and O–H groups in total. The normalized spacial score (nSPS) is 14.7. The van der Waals surface area contributed by atoms with Crippen molar-refractivity contribution < 1.29 is 23.9 Å². The van der Waals surface area contributed by atoms with Crippen LogP contribution >= 0.6 is 0 Å². The molecule has 1 atom stereocenters. The van der Waals surface area contributed by atoms with E-state index < -0.39 is 18.0 Å². The molecule has 2 aromatic carbocycles. The van der Waals surface area contributed by atoms with Crippen LogP contribution in [0.3, 0.4) is 0 Å². The third kappa shape index (κ3) is 5.19. The van der Waals surface area contributed by atoms with Gasteiger partial charge in [0.15, 0.2) is 6.10 Å². The second-order valence-electron chi connectivity index (χ2n) is 6.56. The molecule has 1 unspecified atom stereocenters. The second-order valence-corrected chi connectivity index (χ2v) is 6.56. The van der Waals surface area contributed by atoms with Crippen LogP contribution in [0.5, 0.6) is 0 Å². The number of nitrogens with zero attached hydrogens (tertiary/aromatic N) is 1. The third-order valence-electron chi connectivity index (χ3n) is 4.38. The second kappa shape index (κ2) is 9.01. The Balaban J connectivity index is 1.55. The van der Waals surface area contributed by atoms with Crippen LogP contribution in [0.25, 0.3) is 0 Å². The molecular formula is C21H21N3O5. The van der Waals surface area contributed by atoms with Gasteiger partial charge in [0.25, 0.3) is 5.91 Å². The fraction of sp³-hybridized carbons (Fsp3) is 0.238. The molecule has 3 amide bonds. The molecule has 1 saturated heterocycles. The number of benzene rings is 2. The van der Waals surface area contributed by atoms with Crippen LogP contribution in [0.1, 0.15) is 35.7 Å². The Morgan fingerprint density at radius 3 is 2.45 bits per heavy atom. The number of ether oxygens (including phenoxy) is 1. The van der Waals surface area contributed by atoms with Gasteiger partial charge in [0.1, 0.15) is 0 Å². The quantitative estimate of drug-likeness (QED) is 0.725. The average Bonchev–Trinajstić information content (AvgIpc) is 2.74. The lowest BCUT2D eigenvalue weighted by Crippen LogP contribution is -2.50. The topological polar surface area (TPSA) is 105 Å². The number of hydrogen-bond donors (Lipinski definition) is 2. The van der Waals surface area contributed by atoms with Crippen LogP contribution in [0, 0.1) is 0 Å². The molecule has 0 spiro atoms. The molecule has 0 aliphatic carbocycles. The summed E-state index contributed by atoms with van der Waals surface area (Å²) in [5.74, 6) is -1.54. The van der Waals surface area contributed by atoms with E-state index in [1.807, 2.05) is 30.3 Å². The number of carbonyl (C=O) groups excluding carboxylic acids is 4. The summed E-state index contributed by atoms with van der Waals surface area (Å²) < 4.78 is 5.21. The van der Waals surface area contributed by atoms with E-state index in [9.17, 15) is 19.2 Å². The standard InChI is InChI=1S/C21H21N3O5/c1-14(20(27)22-13-15-5-3-2-4-6-15)29-21(28)16-7-9-17(10-8-16)24-19(26)12-11-18(25)23-24/h2-10,14H,11-13H2,1H3,(H,22,27)(H,23,25). The van der Waals surface area contributed by atoms with E-state index >= 15 is 0 Å². The number of anilines is 1. The van der Waals surface area contributed by atoms with Gasteiger partial charge in [-0.2, -0.15) is 0 Å². The Morgan fingerprint density at radius 1 is 1.07 bits per heavy atom. The smallest absolute Gasteiger partial charge is 0.338 e. The molecule has 8 nitrogen and oxygen atoms in total. The maximum atomic E-state index is 12.3. The highest BCUT2D eigenvalue weighted by Crippen LogP contribution is 2.18. The number of hydrogen-bond acceptors (Lipinski definition) is 5. The summed E-state index contributed by atoms with van der Waals surface area (Å²) in [6, 6.07) is 15.4. The summed E-state index contributed by atoms with van der Waals surface area (Å²) >= 11 is 0. The fourth-order valence-electron chi connectivity index (χ4n) is 2.74. The molecule has 1 fully saturated rings. The number of esters is 1. The zero-order valence-corrected chi connectivity index (χ0v) is 15.9. The van der Waals surface area contributed by atoms with Gasteiger partial charge in [0, 0.05) is 19.4 Å². The van der Waals surface area contributed by atoms with Gasteiger partial charge in [0.05, 0.1) is 11.3 Å². The zero-order valence-electron chi connectivity index (χ0n) is 15.9. The third-order valence-corrected chi connectivity index (χ3v) is 4.38. The lowest BCUT2D eigenvalue weighted by Gasteiger charge is -2.27. The van der Waals surface area contributed by atoms with Gasteiger partial charge in [0.2, 0.25) is 11.8 Å². The van der Waals surface area contributed by atoms with Gasteiger partial charge >= 0.3 is 5.97 Å². The van der Waals surface area contributed by atoms with E-state index in [0.29, 0.717) is 12.2 Å². The van der Waals surface area contributed by atoms with Gasteiger partial charge in [-0.25, -0.2) is 9.80 Å². The van der Waals surface area contributed by atoms with E-state index in [1.165, 1.54) is 31.2 Å². The van der Waals surface area contributed by atoms with Gasteiger partial charge in [-0.1, -0.05) is 30.3 Å². The monoisotopic (exact) mass is 395 g/mol. The average molecular weight is 395 g/mol. The van der Waals surface area contributed by atoms with E-state index in [-0.39, 0.29) is 30.2 Å². The Morgan fingerprint density at radius 2 is 1.76 bits per heavy atom. The molecule has 29 heavy (non-hydrogen) atoms. The van der Waals surface area contributed by atoms with Gasteiger partial charge < -0.3 is 10.1 Å². The molecule has 1 heterocycles. The first-order chi connectivity index (χ1) is 13.9. The van der Waals surface area contributed by atoms with Crippen molar-refractivity contribution in [2.75, 3.05) is 5.01 Å². The van der Waals surface area contributed by atoms with E-state index in [1.54, 1.807) is 0 Å². The Kier molecular flexibility index (Phi) is 6.23. The van der Waals surface area contributed by atoms with E-state index in [2.05, 4.69) is 10.7 Å². The Bertz CT molecular complexity index is 912. The molecule has 0 saturated carbocycles. The first kappa shape index (κ1) is 20.1. The van der Waals surface area contributed by atoms with Gasteiger partial charge in [-0.05, 0) is 36.8 Å². The number of amides is 3. The van der Waals surface area contributed by atoms with E-state index in [4.69, 9.17) is 4.74 Å². The minimum atomic E-state index is -0.964. The minimum absolute atomic E-state index is 0.130. The van der Waals surface area contributed by atoms with Crippen molar-refractivity contribution in [1.29, 1.82) is 0 Å². The van der Waals surface area contributed by atoms with Gasteiger partial charge in [-0.15, -0.1) is 0 Å². The fourth-order valence-corrected chi connectivity index (χ4v) is 2.74. The highest BCUT2D eigenvalue weighted by atomic mass is 16.5. The molecule has 1 aliphatic rings. The molecule has 0 bridgehead atoms. The largest absolute Gasteiger partial charge is 0.449 e.